The van der Waals surface area contributed by atoms with Gasteiger partial charge in [0, 0.05) is 17.0 Å². The van der Waals surface area contributed by atoms with Gasteiger partial charge in [-0.05, 0) is 30.1 Å². The van der Waals surface area contributed by atoms with Crippen LogP contribution in [0.15, 0.2) is 35.7 Å². The second kappa shape index (κ2) is 4.55. The summed E-state index contributed by atoms with van der Waals surface area (Å²) >= 11 is 1.58. The summed E-state index contributed by atoms with van der Waals surface area (Å²) in [5.41, 5.74) is 1.88. The first-order chi connectivity index (χ1) is 7.31. The molecule has 78 valence electrons. The second-order valence-electron chi connectivity index (χ2n) is 3.33. The molecule has 0 spiro atoms. The Labute approximate surface area is 92.6 Å². The standard InChI is InChI=1S/C12H12FNS/c1-14-7-9-6-12(15-8-9)10-4-2-3-5-11(10)13/h2-6,8,14H,7H2,1H3. The molecule has 1 aromatic carbocycles. The van der Waals surface area contributed by atoms with Crippen LogP contribution in [0.5, 0.6) is 0 Å². The number of nitrogens with one attached hydrogen (secondary N) is 1. The van der Waals surface area contributed by atoms with Gasteiger partial charge in [-0.15, -0.1) is 11.3 Å². The van der Waals surface area contributed by atoms with Gasteiger partial charge in [-0.25, -0.2) is 4.39 Å². The van der Waals surface area contributed by atoms with E-state index in [9.17, 15) is 4.39 Å². The highest BCUT2D eigenvalue weighted by Gasteiger charge is 2.06. The quantitative estimate of drug-likeness (QED) is 0.838. The first-order valence-electron chi connectivity index (χ1n) is 4.78. The summed E-state index contributed by atoms with van der Waals surface area (Å²) in [5.74, 6) is -0.157. The molecule has 0 atom stereocenters. The zero-order valence-corrected chi connectivity index (χ0v) is 9.27. The average Bonchev–Trinajstić information content (AvgIpc) is 2.68. The van der Waals surface area contributed by atoms with E-state index in [1.54, 1.807) is 17.4 Å². The largest absolute Gasteiger partial charge is 0.316 e. The summed E-state index contributed by atoms with van der Waals surface area (Å²) in [5, 5.41) is 5.13. The summed E-state index contributed by atoms with van der Waals surface area (Å²) in [6.45, 7) is 0.824. The highest BCUT2D eigenvalue weighted by Crippen LogP contribution is 2.29. The Morgan fingerprint density at radius 2 is 2.13 bits per heavy atom. The lowest BCUT2D eigenvalue weighted by Gasteiger charge is -1.98. The van der Waals surface area contributed by atoms with Crippen LogP contribution in [0.25, 0.3) is 10.4 Å². The molecule has 0 bridgehead atoms. The number of halogens is 1. The minimum Gasteiger partial charge on any atom is -0.316 e. The van der Waals surface area contributed by atoms with Gasteiger partial charge in [-0.1, -0.05) is 18.2 Å². The molecule has 1 heterocycles. The van der Waals surface area contributed by atoms with Crippen molar-refractivity contribution in [3.8, 4) is 10.4 Å². The molecule has 1 N–H and O–H groups in total. The van der Waals surface area contributed by atoms with Crippen LogP contribution >= 0.6 is 11.3 Å². The van der Waals surface area contributed by atoms with Crippen LogP contribution in [0.4, 0.5) is 4.39 Å². The predicted molar refractivity (Wildman–Crippen MR) is 62.5 cm³/mol. The first kappa shape index (κ1) is 10.3. The summed E-state index contributed by atoms with van der Waals surface area (Å²) < 4.78 is 13.5. The third kappa shape index (κ3) is 2.25. The molecule has 0 unspecified atom stereocenters. The highest BCUT2D eigenvalue weighted by atomic mass is 32.1. The molecule has 15 heavy (non-hydrogen) atoms. The monoisotopic (exact) mass is 221 g/mol. The van der Waals surface area contributed by atoms with Gasteiger partial charge < -0.3 is 5.32 Å². The highest BCUT2D eigenvalue weighted by molar-refractivity contribution is 7.13. The Balaban J connectivity index is 2.33. The number of hydrogen-bond acceptors (Lipinski definition) is 2. The van der Waals surface area contributed by atoms with E-state index in [2.05, 4.69) is 10.7 Å². The van der Waals surface area contributed by atoms with Crippen molar-refractivity contribution in [2.75, 3.05) is 7.05 Å². The summed E-state index contributed by atoms with van der Waals surface area (Å²) in [6, 6.07) is 8.90. The van der Waals surface area contributed by atoms with Gasteiger partial charge in [-0.3, -0.25) is 0 Å². The molecule has 2 rings (SSSR count). The maximum absolute atomic E-state index is 13.5. The van der Waals surface area contributed by atoms with Crippen LogP contribution in [0.3, 0.4) is 0 Å². The van der Waals surface area contributed by atoms with Crippen LogP contribution in [-0.2, 0) is 6.54 Å². The fourth-order valence-electron chi connectivity index (χ4n) is 1.47. The molecule has 1 aromatic heterocycles. The molecular formula is C12H12FNS. The topological polar surface area (TPSA) is 12.0 Å². The van der Waals surface area contributed by atoms with Gasteiger partial charge in [0.15, 0.2) is 0 Å². The van der Waals surface area contributed by atoms with E-state index >= 15 is 0 Å². The molecule has 0 amide bonds. The van der Waals surface area contributed by atoms with Gasteiger partial charge in [-0.2, -0.15) is 0 Å². The van der Waals surface area contributed by atoms with E-state index in [0.29, 0.717) is 5.56 Å². The van der Waals surface area contributed by atoms with Gasteiger partial charge in [0.25, 0.3) is 0 Å². The summed E-state index contributed by atoms with van der Waals surface area (Å²) in [4.78, 5) is 0.985. The van der Waals surface area contributed by atoms with E-state index in [0.717, 1.165) is 11.4 Å². The van der Waals surface area contributed by atoms with Gasteiger partial charge in [0.05, 0.1) is 0 Å². The number of hydrogen-bond donors (Lipinski definition) is 1. The van der Waals surface area contributed by atoms with Crippen molar-refractivity contribution in [2.45, 2.75) is 6.54 Å². The van der Waals surface area contributed by atoms with Crippen molar-refractivity contribution in [3.05, 3.63) is 47.1 Å². The van der Waals surface area contributed by atoms with Gasteiger partial charge >= 0.3 is 0 Å². The first-order valence-corrected chi connectivity index (χ1v) is 5.66. The van der Waals surface area contributed by atoms with E-state index in [4.69, 9.17) is 0 Å². The molecule has 0 aliphatic heterocycles. The Morgan fingerprint density at radius 3 is 2.87 bits per heavy atom. The molecular weight excluding hydrogens is 209 g/mol. The van der Waals surface area contributed by atoms with Crippen LogP contribution in [0.1, 0.15) is 5.56 Å². The third-order valence-electron chi connectivity index (χ3n) is 2.17. The third-order valence-corrected chi connectivity index (χ3v) is 3.19. The van der Waals surface area contributed by atoms with Crippen molar-refractivity contribution in [1.29, 1.82) is 0 Å². The Hall–Kier alpha value is -1.19. The van der Waals surface area contributed by atoms with Crippen molar-refractivity contribution < 1.29 is 4.39 Å². The molecule has 0 aliphatic carbocycles. The molecule has 0 radical (unpaired) electrons. The summed E-state index contributed by atoms with van der Waals surface area (Å²) in [6.07, 6.45) is 0. The van der Waals surface area contributed by atoms with E-state index in [-0.39, 0.29) is 5.82 Å². The van der Waals surface area contributed by atoms with Crippen molar-refractivity contribution in [3.63, 3.8) is 0 Å². The Kier molecular flexibility index (Phi) is 3.14. The van der Waals surface area contributed by atoms with Gasteiger partial charge in [0.2, 0.25) is 0 Å². The van der Waals surface area contributed by atoms with E-state index in [1.165, 1.54) is 11.6 Å². The number of thiophene rings is 1. The zero-order chi connectivity index (χ0) is 10.7. The Morgan fingerprint density at radius 1 is 1.33 bits per heavy atom. The smallest absolute Gasteiger partial charge is 0.131 e. The molecule has 0 fully saturated rings. The van der Waals surface area contributed by atoms with Crippen LogP contribution in [0, 0.1) is 5.82 Å². The lowest BCUT2D eigenvalue weighted by molar-refractivity contribution is 0.631. The summed E-state index contributed by atoms with van der Waals surface area (Å²) in [7, 11) is 1.90. The molecule has 2 aromatic rings. The normalized spacial score (nSPS) is 10.5. The maximum Gasteiger partial charge on any atom is 0.131 e. The minimum absolute atomic E-state index is 0.157. The van der Waals surface area contributed by atoms with Gasteiger partial charge in [0.1, 0.15) is 5.82 Å². The van der Waals surface area contributed by atoms with Crippen molar-refractivity contribution >= 4 is 11.3 Å². The number of rotatable bonds is 3. The lowest BCUT2D eigenvalue weighted by atomic mass is 10.1. The minimum atomic E-state index is -0.157. The van der Waals surface area contributed by atoms with E-state index in [1.807, 2.05) is 25.2 Å². The van der Waals surface area contributed by atoms with Crippen molar-refractivity contribution in [1.82, 2.24) is 5.32 Å². The molecule has 0 saturated heterocycles. The van der Waals surface area contributed by atoms with E-state index < -0.39 is 0 Å². The SMILES string of the molecule is CNCc1csc(-c2ccccc2F)c1. The lowest BCUT2D eigenvalue weighted by Crippen LogP contribution is -2.03. The van der Waals surface area contributed by atoms with Crippen molar-refractivity contribution in [2.24, 2.45) is 0 Å². The average molecular weight is 221 g/mol. The van der Waals surface area contributed by atoms with Crippen LogP contribution in [-0.4, -0.2) is 7.05 Å². The second-order valence-corrected chi connectivity index (χ2v) is 4.24. The molecule has 3 heteroatoms. The maximum atomic E-state index is 13.5. The van der Waals surface area contributed by atoms with Crippen LogP contribution in [0.2, 0.25) is 0 Å². The van der Waals surface area contributed by atoms with Crippen LogP contribution < -0.4 is 5.32 Å². The predicted octanol–water partition coefficient (Wildman–Crippen LogP) is 3.27. The Bertz CT molecular complexity index is 450. The molecule has 1 nitrogen and oxygen atoms in total. The number of benzene rings is 1. The zero-order valence-electron chi connectivity index (χ0n) is 8.46. The molecule has 0 saturated carbocycles. The fraction of sp³-hybridized carbons (Fsp3) is 0.167. The molecule has 0 aliphatic rings. The fourth-order valence-corrected chi connectivity index (χ4v) is 2.42.